The molecule has 0 saturated carbocycles. The van der Waals surface area contributed by atoms with Crippen molar-refractivity contribution in [2.75, 3.05) is 0 Å². The summed E-state index contributed by atoms with van der Waals surface area (Å²) in [7, 11) is -11.0. The zero-order chi connectivity index (χ0) is 15.2. The fraction of sp³-hybridized carbons (Fsp3) is 0.222. The van der Waals surface area contributed by atoms with Gasteiger partial charge in [0, 0.05) is 24.5 Å². The normalized spacial score (nSPS) is 13.2. The van der Waals surface area contributed by atoms with E-state index in [1.54, 1.807) is 18.2 Å². The molecule has 9 nitrogen and oxygen atoms in total. The van der Waals surface area contributed by atoms with E-state index in [2.05, 4.69) is 4.98 Å². The number of pyridine rings is 1. The van der Waals surface area contributed by atoms with Crippen LogP contribution in [0.5, 0.6) is 0 Å². The summed E-state index contributed by atoms with van der Waals surface area (Å²) in [6.07, 6.45) is 1.75. The van der Waals surface area contributed by atoms with E-state index in [1.165, 1.54) is 16.8 Å². The minimum absolute atomic E-state index is 0. The molecule has 0 amide bonds. The summed E-state index contributed by atoms with van der Waals surface area (Å²) in [4.78, 5) is 40.2. The zero-order valence-electron chi connectivity index (χ0n) is 9.94. The molecule has 0 aliphatic carbocycles. The van der Waals surface area contributed by atoms with Gasteiger partial charge >= 0.3 is 44.7 Å². The van der Waals surface area contributed by atoms with Crippen LogP contribution in [0, 0.1) is 0 Å². The van der Waals surface area contributed by atoms with Crippen LogP contribution in [-0.4, -0.2) is 68.7 Å². The summed E-state index contributed by atoms with van der Waals surface area (Å²) >= 11 is 0. The van der Waals surface area contributed by atoms with Gasteiger partial charge in [0.2, 0.25) is 0 Å². The van der Waals surface area contributed by atoms with Crippen LogP contribution in [0.4, 0.5) is 0 Å². The molecule has 2 aromatic rings. The molecule has 12 heteroatoms. The van der Waals surface area contributed by atoms with E-state index in [0.29, 0.717) is 5.65 Å². The summed E-state index contributed by atoms with van der Waals surface area (Å²) in [5.74, 6) is 0. The number of hydrogen-bond donors (Lipinski definition) is 5. The van der Waals surface area contributed by atoms with Gasteiger partial charge in [-0.1, -0.05) is 6.07 Å². The zero-order valence-corrected chi connectivity index (χ0v) is 11.7. The maximum absolute atomic E-state index is 11.3. The van der Waals surface area contributed by atoms with Gasteiger partial charge in [-0.15, -0.1) is 0 Å². The molecule has 0 spiro atoms. The van der Waals surface area contributed by atoms with Gasteiger partial charge in [-0.3, -0.25) is 9.13 Å². The predicted octanol–water partition coefficient (Wildman–Crippen LogP) is -0.770. The fourth-order valence-electron chi connectivity index (χ4n) is 1.73. The van der Waals surface area contributed by atoms with Crippen LogP contribution in [0.25, 0.3) is 5.65 Å². The third-order valence-corrected chi connectivity index (χ3v) is 6.59. The number of rotatable bonds is 4. The first-order valence-electron chi connectivity index (χ1n) is 5.31. The van der Waals surface area contributed by atoms with Gasteiger partial charge in [-0.05, 0) is 12.1 Å². The van der Waals surface area contributed by atoms with Crippen LogP contribution in [-0.2, 0) is 15.6 Å². The molecule has 2 aromatic heterocycles. The van der Waals surface area contributed by atoms with E-state index in [1.807, 2.05) is 0 Å². The van der Waals surface area contributed by atoms with Gasteiger partial charge in [0.15, 0.2) is 0 Å². The monoisotopic (exact) mass is 346 g/mol. The topological polar surface area (TPSA) is 153 Å². The molecule has 0 atom stereocenters. The molecule has 112 valence electrons. The van der Waals surface area contributed by atoms with Crippen molar-refractivity contribution in [3.8, 4) is 0 Å². The van der Waals surface area contributed by atoms with Crippen molar-refractivity contribution in [3.05, 3.63) is 36.3 Å². The van der Waals surface area contributed by atoms with Gasteiger partial charge in [0.1, 0.15) is 5.65 Å². The Balaban J connectivity index is 0.00000220. The number of imidazole rings is 1. The Bertz CT molecular complexity index is 715. The standard InChI is InChI=1S/C9H12N2O7P2.Na.H/c12-9(19(13,14)15,20(16,17)18)5-7-6-10-8-3-1-2-4-11(7)8;;/h1-4,6,12H,5H2,(H2,13,14,15)(H2,16,17,18);;. The Kier molecular flexibility index (Phi) is 5.62. The number of fused-ring (bicyclic) bond motifs is 1. The Hall–Kier alpha value is -0.0500. The summed E-state index contributed by atoms with van der Waals surface area (Å²) < 4.78 is 23.9. The van der Waals surface area contributed by atoms with Crippen molar-refractivity contribution in [1.29, 1.82) is 0 Å². The average molecular weight is 346 g/mol. The van der Waals surface area contributed by atoms with Crippen LogP contribution >= 0.6 is 15.2 Å². The molecule has 21 heavy (non-hydrogen) atoms. The Morgan fingerprint density at radius 2 is 1.71 bits per heavy atom. The first-order valence-corrected chi connectivity index (χ1v) is 8.53. The summed E-state index contributed by atoms with van der Waals surface area (Å²) in [6, 6.07) is 4.87. The van der Waals surface area contributed by atoms with E-state index in [4.69, 9.17) is 19.6 Å². The first kappa shape index (κ1) is 19.0. The predicted molar refractivity (Wildman–Crippen MR) is 75.1 cm³/mol. The number of aliphatic hydroxyl groups is 1. The Morgan fingerprint density at radius 3 is 2.24 bits per heavy atom. The molecule has 2 heterocycles. The molecule has 2 rings (SSSR count). The van der Waals surface area contributed by atoms with Crippen molar-refractivity contribution in [2.24, 2.45) is 0 Å². The van der Waals surface area contributed by atoms with Gasteiger partial charge < -0.3 is 29.1 Å². The summed E-state index contributed by atoms with van der Waals surface area (Å²) in [5.41, 5.74) is 0.482. The van der Waals surface area contributed by atoms with Crippen LogP contribution in [0.2, 0.25) is 0 Å². The van der Waals surface area contributed by atoms with Crippen LogP contribution in [0.3, 0.4) is 0 Å². The number of hydrogen-bond acceptors (Lipinski definition) is 4. The maximum atomic E-state index is 11.3. The third-order valence-electron chi connectivity index (χ3n) is 2.84. The number of aromatic nitrogens is 2. The molecule has 0 aliphatic rings. The third kappa shape index (κ3) is 3.48. The van der Waals surface area contributed by atoms with Gasteiger partial charge in [-0.2, -0.15) is 0 Å². The second-order valence-corrected chi connectivity index (χ2v) is 8.23. The van der Waals surface area contributed by atoms with Crippen molar-refractivity contribution in [2.45, 2.75) is 11.5 Å². The van der Waals surface area contributed by atoms with E-state index < -0.39 is 26.7 Å². The molecule has 0 radical (unpaired) electrons. The van der Waals surface area contributed by atoms with Crippen molar-refractivity contribution in [3.63, 3.8) is 0 Å². The molecule has 0 aromatic carbocycles. The summed E-state index contributed by atoms with van der Waals surface area (Å²) in [6.45, 7) is 0. The van der Waals surface area contributed by atoms with E-state index in [9.17, 15) is 14.2 Å². The molecule has 0 fully saturated rings. The second kappa shape index (κ2) is 6.22. The minimum atomic E-state index is -5.48. The van der Waals surface area contributed by atoms with E-state index in [-0.39, 0.29) is 35.3 Å². The SMILES string of the molecule is O=P(O)(O)C(O)(Cc1cnc2ccccn12)P(=O)(O)O.[NaH]. The second-order valence-electron chi connectivity index (χ2n) is 4.22. The molecular formula is C9H13N2NaO7P2. The Morgan fingerprint density at radius 1 is 1.14 bits per heavy atom. The average Bonchev–Trinajstić information content (AvgIpc) is 2.70. The van der Waals surface area contributed by atoms with Crippen molar-refractivity contribution in [1.82, 2.24) is 9.38 Å². The van der Waals surface area contributed by atoms with Gasteiger partial charge in [0.05, 0.1) is 0 Å². The summed E-state index contributed by atoms with van der Waals surface area (Å²) in [5, 5.41) is 6.37. The van der Waals surface area contributed by atoms with Crippen LogP contribution in [0.15, 0.2) is 30.6 Å². The van der Waals surface area contributed by atoms with Crippen LogP contribution < -0.4 is 0 Å². The quantitative estimate of drug-likeness (QED) is 0.357. The van der Waals surface area contributed by atoms with Gasteiger partial charge in [0.25, 0.3) is 5.08 Å². The molecule has 5 N–H and O–H groups in total. The fourth-order valence-corrected chi connectivity index (χ4v) is 3.83. The molecule has 0 bridgehead atoms. The van der Waals surface area contributed by atoms with Gasteiger partial charge in [-0.25, -0.2) is 4.98 Å². The van der Waals surface area contributed by atoms with Crippen molar-refractivity contribution >= 4 is 50.4 Å². The van der Waals surface area contributed by atoms with Crippen LogP contribution in [0.1, 0.15) is 5.69 Å². The molecular weight excluding hydrogens is 333 g/mol. The molecule has 0 saturated heterocycles. The van der Waals surface area contributed by atoms with E-state index >= 15 is 0 Å². The van der Waals surface area contributed by atoms with E-state index in [0.717, 1.165) is 0 Å². The van der Waals surface area contributed by atoms with Crippen molar-refractivity contribution < 1.29 is 33.8 Å². The molecule has 0 unspecified atom stereocenters. The first-order chi connectivity index (χ1) is 9.06. The Labute approximate surface area is 141 Å². The number of nitrogens with zero attached hydrogens (tertiary/aromatic N) is 2. The molecule has 0 aliphatic heterocycles.